The molecule has 1 aromatic heterocycles. The minimum Gasteiger partial charge on any atom is -0.386 e. The fourth-order valence-corrected chi connectivity index (χ4v) is 7.70. The maximum Gasteiger partial charge on any atom is 0.328 e. The Morgan fingerprint density at radius 2 is 1.92 bits per heavy atom. The standard InChI is InChI=1S/C23H26F2N6O4S2/c1-23(4-5-23)28-37(34,35)19-7-15-20(32)30(11-13-9-27-29(3)10-13)22(33)31(21(15)36-19)12-14-6-18(26-2)17(25)8-16(14)24/h6-10,15,21,26,28H,4-5,11-12H2,1-3H3. The molecule has 14 heteroatoms. The third-order valence-electron chi connectivity index (χ3n) is 6.69. The van der Waals surface area contributed by atoms with Gasteiger partial charge in [-0.1, -0.05) is 11.8 Å². The van der Waals surface area contributed by atoms with Crippen molar-refractivity contribution >= 4 is 39.4 Å². The quantitative estimate of drug-likeness (QED) is 0.517. The molecular weight excluding hydrogens is 526 g/mol. The smallest absolute Gasteiger partial charge is 0.328 e. The van der Waals surface area contributed by atoms with Gasteiger partial charge in [0.25, 0.3) is 0 Å². The molecule has 2 fully saturated rings. The third-order valence-corrected chi connectivity index (χ3v) is 10.2. The lowest BCUT2D eigenvalue weighted by Crippen LogP contribution is -2.58. The molecule has 2 aliphatic heterocycles. The van der Waals surface area contributed by atoms with Crippen LogP contribution in [-0.4, -0.2) is 57.9 Å². The molecule has 2 atom stereocenters. The van der Waals surface area contributed by atoms with E-state index in [1.807, 2.05) is 0 Å². The van der Waals surface area contributed by atoms with Crippen molar-refractivity contribution in [1.82, 2.24) is 24.3 Å². The number of fused-ring (bicyclic) bond motifs is 1. The Morgan fingerprint density at radius 1 is 1.19 bits per heavy atom. The van der Waals surface area contributed by atoms with Gasteiger partial charge in [0.05, 0.1) is 30.9 Å². The van der Waals surface area contributed by atoms with Crippen molar-refractivity contribution < 1.29 is 26.8 Å². The number of urea groups is 1. The molecule has 0 bridgehead atoms. The van der Waals surface area contributed by atoms with Gasteiger partial charge >= 0.3 is 6.03 Å². The van der Waals surface area contributed by atoms with Gasteiger partial charge in [-0.3, -0.25) is 14.4 Å². The summed E-state index contributed by atoms with van der Waals surface area (Å²) >= 11 is 0.876. The highest BCUT2D eigenvalue weighted by molar-refractivity contribution is 8.18. The largest absolute Gasteiger partial charge is 0.386 e. The summed E-state index contributed by atoms with van der Waals surface area (Å²) in [6, 6.07) is 1.28. The fraction of sp³-hybridized carbons (Fsp3) is 0.435. The van der Waals surface area contributed by atoms with Crippen LogP contribution in [0, 0.1) is 17.6 Å². The molecule has 3 amide bonds. The monoisotopic (exact) mass is 552 g/mol. The lowest BCUT2D eigenvalue weighted by atomic mass is 10.0. The van der Waals surface area contributed by atoms with E-state index >= 15 is 0 Å². The first kappa shape index (κ1) is 25.7. The number of nitrogens with zero attached hydrogens (tertiary/aromatic N) is 4. The molecule has 37 heavy (non-hydrogen) atoms. The highest BCUT2D eigenvalue weighted by Gasteiger charge is 2.52. The minimum absolute atomic E-state index is 0.0223. The highest BCUT2D eigenvalue weighted by atomic mass is 32.3. The van der Waals surface area contributed by atoms with Crippen molar-refractivity contribution in [2.45, 2.75) is 43.8 Å². The van der Waals surface area contributed by atoms with Gasteiger partial charge in [-0.05, 0) is 31.9 Å². The van der Waals surface area contributed by atoms with Crippen LogP contribution in [0.3, 0.4) is 0 Å². The van der Waals surface area contributed by atoms with Gasteiger partial charge in [-0.15, -0.1) is 0 Å². The number of aryl methyl sites for hydroxylation is 1. The number of carbonyl (C=O) groups excluding carboxylic acids is 2. The number of hydrogen-bond acceptors (Lipinski definition) is 7. The van der Waals surface area contributed by atoms with E-state index in [2.05, 4.69) is 15.1 Å². The number of carbonyl (C=O) groups is 2. The van der Waals surface area contributed by atoms with Crippen LogP contribution in [0.1, 0.15) is 30.9 Å². The van der Waals surface area contributed by atoms with Crippen LogP contribution in [0.4, 0.5) is 19.3 Å². The van der Waals surface area contributed by atoms with Gasteiger partial charge in [0, 0.05) is 43.0 Å². The molecule has 2 unspecified atom stereocenters. The lowest BCUT2D eigenvalue weighted by molar-refractivity contribution is -0.135. The summed E-state index contributed by atoms with van der Waals surface area (Å²) in [4.78, 5) is 29.3. The van der Waals surface area contributed by atoms with Crippen LogP contribution in [-0.2, 0) is 35.0 Å². The van der Waals surface area contributed by atoms with E-state index in [4.69, 9.17) is 0 Å². The van der Waals surface area contributed by atoms with Gasteiger partial charge in [-0.2, -0.15) is 5.10 Å². The molecule has 2 aromatic rings. The molecule has 5 rings (SSSR count). The van der Waals surface area contributed by atoms with Gasteiger partial charge in [0.2, 0.25) is 15.9 Å². The van der Waals surface area contributed by atoms with E-state index in [0.717, 1.165) is 22.7 Å². The van der Waals surface area contributed by atoms with E-state index in [0.29, 0.717) is 18.4 Å². The van der Waals surface area contributed by atoms with Crippen LogP contribution in [0.5, 0.6) is 0 Å². The zero-order chi connectivity index (χ0) is 26.7. The Hall–Kier alpha value is -2.97. The van der Waals surface area contributed by atoms with Gasteiger partial charge in [0.1, 0.15) is 21.2 Å². The van der Waals surface area contributed by atoms with Crippen LogP contribution >= 0.6 is 11.8 Å². The zero-order valence-corrected chi connectivity index (χ0v) is 22.0. The molecule has 0 spiro atoms. The molecule has 2 N–H and O–H groups in total. The van der Waals surface area contributed by atoms with Crippen molar-refractivity contribution in [3.63, 3.8) is 0 Å². The maximum absolute atomic E-state index is 14.8. The third kappa shape index (κ3) is 4.84. The first-order chi connectivity index (χ1) is 17.4. The molecule has 3 aliphatic rings. The molecular formula is C23H26F2N6O4S2. The van der Waals surface area contributed by atoms with Crippen molar-refractivity contribution in [2.24, 2.45) is 13.0 Å². The molecule has 1 saturated heterocycles. The molecule has 1 saturated carbocycles. The van der Waals surface area contributed by atoms with Crippen molar-refractivity contribution in [3.8, 4) is 0 Å². The molecule has 1 aromatic carbocycles. The number of aromatic nitrogens is 2. The van der Waals surface area contributed by atoms with E-state index in [1.54, 1.807) is 20.2 Å². The minimum atomic E-state index is -3.93. The predicted octanol–water partition coefficient (Wildman–Crippen LogP) is 2.71. The molecule has 1 aliphatic carbocycles. The Bertz CT molecular complexity index is 1420. The van der Waals surface area contributed by atoms with Crippen LogP contribution < -0.4 is 10.0 Å². The van der Waals surface area contributed by atoms with Crippen LogP contribution in [0.15, 0.2) is 34.8 Å². The SMILES string of the molecule is CNc1cc(CN2C(=O)N(Cc3cnn(C)c3)C(=O)C3C=C(S(=O)(=O)NC4(C)CC4)SC32)c(F)cc1F. The Labute approximate surface area is 217 Å². The predicted molar refractivity (Wildman–Crippen MR) is 133 cm³/mol. The number of rotatable bonds is 8. The van der Waals surface area contributed by atoms with Gasteiger partial charge < -0.3 is 10.2 Å². The fourth-order valence-electron chi connectivity index (χ4n) is 4.40. The Kier molecular flexibility index (Phi) is 6.31. The summed E-state index contributed by atoms with van der Waals surface area (Å²) in [7, 11) is -0.748. The number of amides is 3. The second-order valence-electron chi connectivity index (χ2n) is 9.72. The number of benzene rings is 1. The summed E-state index contributed by atoms with van der Waals surface area (Å²) < 4.78 is 59.1. The molecule has 10 nitrogen and oxygen atoms in total. The topological polar surface area (TPSA) is 117 Å². The van der Waals surface area contributed by atoms with Crippen LogP contribution in [0.25, 0.3) is 0 Å². The molecule has 198 valence electrons. The van der Waals surface area contributed by atoms with Crippen LogP contribution in [0.2, 0.25) is 0 Å². The number of imide groups is 1. The first-order valence-corrected chi connectivity index (χ1v) is 13.9. The van der Waals surface area contributed by atoms with E-state index in [1.165, 1.54) is 35.0 Å². The van der Waals surface area contributed by atoms with E-state index in [-0.39, 0.29) is 28.6 Å². The maximum atomic E-state index is 14.8. The second kappa shape index (κ2) is 9.10. The van der Waals surface area contributed by atoms with E-state index < -0.39 is 50.4 Å². The summed E-state index contributed by atoms with van der Waals surface area (Å²) in [5.41, 5.74) is 0.136. The first-order valence-electron chi connectivity index (χ1n) is 11.6. The van der Waals surface area contributed by atoms with E-state index in [9.17, 15) is 26.8 Å². The van der Waals surface area contributed by atoms with Crippen molar-refractivity contribution in [2.75, 3.05) is 12.4 Å². The second-order valence-corrected chi connectivity index (χ2v) is 12.8. The Balaban J connectivity index is 1.50. The summed E-state index contributed by atoms with van der Waals surface area (Å²) in [5, 5.41) is 5.80. The number of anilines is 1. The summed E-state index contributed by atoms with van der Waals surface area (Å²) in [6.45, 7) is 1.41. The highest BCUT2D eigenvalue weighted by Crippen LogP contribution is 2.47. The lowest BCUT2D eigenvalue weighted by Gasteiger charge is -2.41. The van der Waals surface area contributed by atoms with Gasteiger partial charge in [-0.25, -0.2) is 26.7 Å². The van der Waals surface area contributed by atoms with Crippen molar-refractivity contribution in [1.29, 1.82) is 0 Å². The van der Waals surface area contributed by atoms with Gasteiger partial charge in [0.15, 0.2) is 0 Å². The number of hydrogen-bond donors (Lipinski definition) is 2. The summed E-state index contributed by atoms with van der Waals surface area (Å²) in [5.74, 6) is -3.17. The summed E-state index contributed by atoms with van der Waals surface area (Å²) in [6.07, 6.45) is 5.95. The molecule has 0 radical (unpaired) electrons. The number of nitrogens with one attached hydrogen (secondary N) is 2. The van der Waals surface area contributed by atoms with Crippen molar-refractivity contribution in [3.05, 3.63) is 57.6 Å². The average molecular weight is 553 g/mol. The number of sulfonamides is 1. The average Bonchev–Trinajstić information content (AvgIpc) is 3.20. The molecule has 3 heterocycles. The number of halogens is 2. The normalized spacial score (nSPS) is 22.8. The zero-order valence-electron chi connectivity index (χ0n) is 20.4. The number of thioether (sulfide) groups is 1. The Morgan fingerprint density at radius 3 is 2.54 bits per heavy atom.